The minimum atomic E-state index is -0.420. The van der Waals surface area contributed by atoms with Crippen LogP contribution in [0.3, 0.4) is 0 Å². The number of ether oxygens (including phenoxy) is 1. The third kappa shape index (κ3) is 13.8. The van der Waals surface area contributed by atoms with Crippen LogP contribution < -0.4 is 10.4 Å². The summed E-state index contributed by atoms with van der Waals surface area (Å²) in [7, 11) is 0. The van der Waals surface area contributed by atoms with Crippen molar-refractivity contribution in [3.05, 3.63) is 40.8 Å². The molecular formula is C32H42O4. The molecule has 0 saturated heterocycles. The van der Waals surface area contributed by atoms with Gasteiger partial charge in [0, 0.05) is 36.8 Å². The van der Waals surface area contributed by atoms with E-state index >= 15 is 0 Å². The van der Waals surface area contributed by atoms with Gasteiger partial charge in [0.2, 0.25) is 0 Å². The van der Waals surface area contributed by atoms with Crippen molar-refractivity contribution in [2.24, 2.45) is 0 Å². The molecule has 0 spiro atoms. The summed E-state index contributed by atoms with van der Waals surface area (Å²) in [6.07, 6.45) is 19.3. The molecule has 1 aromatic carbocycles. The highest BCUT2D eigenvalue weighted by molar-refractivity contribution is 5.79. The van der Waals surface area contributed by atoms with E-state index in [4.69, 9.17) is 9.15 Å². The molecule has 0 aliphatic rings. The van der Waals surface area contributed by atoms with Crippen LogP contribution in [0.15, 0.2) is 39.5 Å². The molecule has 0 unspecified atom stereocenters. The van der Waals surface area contributed by atoms with Gasteiger partial charge < -0.3 is 9.15 Å². The molecule has 1 heterocycles. The first-order chi connectivity index (χ1) is 17.7. The molecule has 2 aromatic rings. The first-order valence-electron chi connectivity index (χ1n) is 13.9. The number of benzene rings is 1. The zero-order valence-electron chi connectivity index (χ0n) is 22.0. The zero-order valence-corrected chi connectivity index (χ0v) is 22.0. The smallest absolute Gasteiger partial charge is 0.336 e. The topological polar surface area (TPSA) is 56.5 Å². The van der Waals surface area contributed by atoms with Gasteiger partial charge in [-0.1, -0.05) is 89.4 Å². The van der Waals surface area contributed by atoms with Crippen molar-refractivity contribution < 1.29 is 13.9 Å². The Balaban J connectivity index is 1.41. The number of unbranched alkanes of at least 4 members (excludes halogenated alkanes) is 14. The highest BCUT2D eigenvalue weighted by Crippen LogP contribution is 2.20. The largest absolute Gasteiger partial charge is 0.426 e. The van der Waals surface area contributed by atoms with E-state index in [0.29, 0.717) is 17.8 Å². The Bertz CT molecular complexity index is 1070. The van der Waals surface area contributed by atoms with E-state index in [2.05, 4.69) is 30.6 Å². The van der Waals surface area contributed by atoms with Crippen LogP contribution in [0.2, 0.25) is 0 Å². The predicted molar refractivity (Wildman–Crippen MR) is 148 cm³/mol. The number of carbonyl (C=O) groups excluding carboxylic acids is 1. The third-order valence-corrected chi connectivity index (χ3v) is 6.15. The summed E-state index contributed by atoms with van der Waals surface area (Å²) >= 11 is 0. The summed E-state index contributed by atoms with van der Waals surface area (Å²) in [6, 6.07) is 8.13. The Morgan fingerprint density at radius 1 is 0.750 bits per heavy atom. The van der Waals surface area contributed by atoms with Gasteiger partial charge in [-0.15, -0.1) is 0 Å². The number of fused-ring (bicyclic) bond motifs is 1. The molecule has 4 nitrogen and oxygen atoms in total. The second-order valence-corrected chi connectivity index (χ2v) is 9.38. The highest BCUT2D eigenvalue weighted by atomic mass is 16.5. The van der Waals surface area contributed by atoms with E-state index in [0.717, 1.165) is 56.8 Å². The van der Waals surface area contributed by atoms with Crippen molar-refractivity contribution in [2.75, 3.05) is 0 Å². The first kappa shape index (κ1) is 29.3. The molecule has 4 heteroatoms. The lowest BCUT2D eigenvalue weighted by atomic mass is 10.1. The van der Waals surface area contributed by atoms with Crippen LogP contribution in [0.4, 0.5) is 0 Å². The molecule has 0 amide bonds. The molecule has 194 valence electrons. The summed E-state index contributed by atoms with van der Waals surface area (Å²) in [5.74, 6) is 12.5. The van der Waals surface area contributed by atoms with Crippen LogP contribution in [0.5, 0.6) is 5.75 Å². The Morgan fingerprint density at radius 3 is 1.94 bits per heavy atom. The fourth-order valence-electron chi connectivity index (χ4n) is 4.04. The maximum Gasteiger partial charge on any atom is 0.336 e. The Labute approximate surface area is 217 Å². The van der Waals surface area contributed by atoms with E-state index in [1.807, 2.05) is 0 Å². The van der Waals surface area contributed by atoms with Crippen LogP contribution in [0, 0.1) is 23.7 Å². The average Bonchev–Trinajstić information content (AvgIpc) is 2.87. The van der Waals surface area contributed by atoms with Crippen LogP contribution in [-0.2, 0) is 4.79 Å². The van der Waals surface area contributed by atoms with Gasteiger partial charge in [-0.3, -0.25) is 4.79 Å². The second-order valence-electron chi connectivity index (χ2n) is 9.38. The van der Waals surface area contributed by atoms with Gasteiger partial charge in [0.1, 0.15) is 11.3 Å². The molecule has 0 aliphatic heterocycles. The van der Waals surface area contributed by atoms with Crippen LogP contribution in [0.25, 0.3) is 11.0 Å². The normalized spacial score (nSPS) is 10.4. The SMILES string of the molecule is CCCCCCCCCCC#CC#CCCCCCCCCC(=O)Oc1ccc2ccc(=O)oc2c1. The third-order valence-electron chi connectivity index (χ3n) is 6.15. The van der Waals surface area contributed by atoms with Crippen LogP contribution in [0.1, 0.15) is 116 Å². The number of hydrogen-bond acceptors (Lipinski definition) is 4. The molecule has 0 radical (unpaired) electrons. The van der Waals surface area contributed by atoms with E-state index in [1.165, 1.54) is 57.4 Å². The second kappa shape index (κ2) is 19.2. The van der Waals surface area contributed by atoms with E-state index in [9.17, 15) is 9.59 Å². The van der Waals surface area contributed by atoms with Crippen LogP contribution >= 0.6 is 0 Å². The maximum atomic E-state index is 12.1. The zero-order chi connectivity index (χ0) is 25.7. The minimum Gasteiger partial charge on any atom is -0.426 e. The number of carbonyl (C=O) groups is 1. The molecule has 0 saturated carbocycles. The summed E-state index contributed by atoms with van der Waals surface area (Å²) in [4.78, 5) is 23.4. The maximum absolute atomic E-state index is 12.1. The lowest BCUT2D eigenvalue weighted by Crippen LogP contribution is -2.07. The molecule has 0 fully saturated rings. The minimum absolute atomic E-state index is 0.258. The average molecular weight is 491 g/mol. The Morgan fingerprint density at radius 2 is 1.31 bits per heavy atom. The van der Waals surface area contributed by atoms with Gasteiger partial charge in [-0.25, -0.2) is 4.79 Å². The molecule has 2 rings (SSSR count). The molecular weight excluding hydrogens is 448 g/mol. The van der Waals surface area contributed by atoms with Gasteiger partial charge >= 0.3 is 11.6 Å². The predicted octanol–water partition coefficient (Wildman–Crippen LogP) is 8.36. The van der Waals surface area contributed by atoms with Gasteiger partial charge in [0.25, 0.3) is 0 Å². The lowest BCUT2D eigenvalue weighted by Gasteiger charge is -2.05. The van der Waals surface area contributed by atoms with E-state index in [1.54, 1.807) is 24.3 Å². The van der Waals surface area contributed by atoms with Crippen molar-refractivity contribution in [1.82, 2.24) is 0 Å². The van der Waals surface area contributed by atoms with Gasteiger partial charge in [-0.2, -0.15) is 0 Å². The summed E-state index contributed by atoms with van der Waals surface area (Å²) in [5, 5.41) is 0.794. The van der Waals surface area contributed by atoms with E-state index in [-0.39, 0.29) is 5.97 Å². The molecule has 0 atom stereocenters. The summed E-state index contributed by atoms with van der Waals surface area (Å²) in [5.41, 5.74) is -0.000577. The van der Waals surface area contributed by atoms with Crippen molar-refractivity contribution in [3.8, 4) is 29.4 Å². The Hall–Kier alpha value is -2.98. The van der Waals surface area contributed by atoms with Crippen molar-refractivity contribution in [1.29, 1.82) is 0 Å². The van der Waals surface area contributed by atoms with Gasteiger partial charge in [0.15, 0.2) is 0 Å². The quantitative estimate of drug-likeness (QED) is 0.0735. The van der Waals surface area contributed by atoms with Gasteiger partial charge in [-0.05, 0) is 49.3 Å². The van der Waals surface area contributed by atoms with Crippen LogP contribution in [-0.4, -0.2) is 5.97 Å². The monoisotopic (exact) mass is 490 g/mol. The first-order valence-corrected chi connectivity index (χ1v) is 13.9. The van der Waals surface area contributed by atoms with Crippen molar-refractivity contribution >= 4 is 16.9 Å². The number of rotatable bonds is 17. The number of hydrogen-bond donors (Lipinski definition) is 0. The summed E-state index contributed by atoms with van der Waals surface area (Å²) in [6.45, 7) is 2.26. The molecule has 1 aromatic heterocycles. The molecule has 36 heavy (non-hydrogen) atoms. The van der Waals surface area contributed by atoms with E-state index < -0.39 is 5.63 Å². The number of esters is 1. The summed E-state index contributed by atoms with van der Waals surface area (Å²) < 4.78 is 10.5. The molecule has 0 aliphatic carbocycles. The van der Waals surface area contributed by atoms with Crippen molar-refractivity contribution in [2.45, 2.75) is 116 Å². The van der Waals surface area contributed by atoms with Crippen molar-refractivity contribution in [3.63, 3.8) is 0 Å². The van der Waals surface area contributed by atoms with Gasteiger partial charge in [0.05, 0.1) is 0 Å². The highest BCUT2D eigenvalue weighted by Gasteiger charge is 2.07. The fourth-order valence-corrected chi connectivity index (χ4v) is 4.04. The molecule has 0 N–H and O–H groups in total. The Kier molecular flexibility index (Phi) is 15.6. The fraction of sp³-hybridized carbons (Fsp3) is 0.562. The lowest BCUT2D eigenvalue weighted by molar-refractivity contribution is -0.134. The molecule has 0 bridgehead atoms. The standard InChI is InChI=1S/C32H42O4/c1-2-3-4-5-6-7-8-9-10-11-12-13-14-15-16-17-18-19-20-21-22-31(33)35-29-25-23-28-24-26-32(34)36-30(28)27-29/h23-27H,2-10,15-22H2,1H3.